The molecule has 1 aromatic heterocycles. The van der Waals surface area contributed by atoms with E-state index in [2.05, 4.69) is 41.4 Å². The smallest absolute Gasteiger partial charge is 0.126 e. The molecule has 2 heteroatoms. The van der Waals surface area contributed by atoms with Gasteiger partial charge in [0.05, 0.1) is 0 Å². The Morgan fingerprint density at radius 2 is 1.81 bits per heavy atom. The van der Waals surface area contributed by atoms with Gasteiger partial charge in [0.2, 0.25) is 0 Å². The maximum absolute atomic E-state index is 5.89. The van der Waals surface area contributed by atoms with E-state index in [1.165, 1.54) is 17.5 Å². The molecule has 1 saturated carbocycles. The van der Waals surface area contributed by atoms with Crippen LogP contribution in [0.2, 0.25) is 0 Å². The summed E-state index contributed by atoms with van der Waals surface area (Å²) in [5.74, 6) is 1.88. The standard InChI is InChI=1S/C14H14N2/c15-14-11(7-4-8-16-14)13-9-12(13)10-5-2-1-3-6-10/h1-8,12-13H,9H2,(H2,15,16). The summed E-state index contributed by atoms with van der Waals surface area (Å²) in [5, 5.41) is 0. The van der Waals surface area contributed by atoms with Crippen LogP contribution in [0.3, 0.4) is 0 Å². The van der Waals surface area contributed by atoms with Crippen LogP contribution in [-0.4, -0.2) is 4.98 Å². The Labute approximate surface area is 95.1 Å². The Morgan fingerprint density at radius 3 is 2.56 bits per heavy atom. The number of nitrogens with zero attached hydrogens (tertiary/aromatic N) is 1. The van der Waals surface area contributed by atoms with Crippen LogP contribution in [0.15, 0.2) is 48.7 Å². The lowest BCUT2D eigenvalue weighted by Crippen LogP contribution is -1.95. The molecular weight excluding hydrogens is 196 g/mol. The normalized spacial score (nSPS) is 23.0. The van der Waals surface area contributed by atoms with Crippen molar-refractivity contribution in [3.63, 3.8) is 0 Å². The van der Waals surface area contributed by atoms with Crippen molar-refractivity contribution in [1.82, 2.24) is 4.98 Å². The zero-order valence-corrected chi connectivity index (χ0v) is 9.01. The molecule has 0 aliphatic heterocycles. The van der Waals surface area contributed by atoms with E-state index in [4.69, 9.17) is 5.73 Å². The highest BCUT2D eigenvalue weighted by Gasteiger charge is 2.40. The molecule has 2 unspecified atom stereocenters. The van der Waals surface area contributed by atoms with Gasteiger partial charge in [-0.05, 0) is 35.4 Å². The summed E-state index contributed by atoms with van der Waals surface area (Å²) in [6.07, 6.45) is 2.94. The molecule has 0 spiro atoms. The van der Waals surface area contributed by atoms with Gasteiger partial charge in [-0.3, -0.25) is 0 Å². The molecular formula is C14H14N2. The SMILES string of the molecule is Nc1ncccc1C1CC1c1ccccc1. The number of rotatable bonds is 2. The number of nitrogens with two attached hydrogens (primary N) is 1. The molecule has 2 atom stereocenters. The minimum Gasteiger partial charge on any atom is -0.383 e. The molecule has 0 radical (unpaired) electrons. The molecule has 1 aliphatic carbocycles. The van der Waals surface area contributed by atoms with Gasteiger partial charge in [0, 0.05) is 6.20 Å². The zero-order chi connectivity index (χ0) is 11.0. The van der Waals surface area contributed by atoms with Crippen molar-refractivity contribution in [2.24, 2.45) is 0 Å². The van der Waals surface area contributed by atoms with Crippen molar-refractivity contribution in [3.8, 4) is 0 Å². The molecule has 2 N–H and O–H groups in total. The summed E-state index contributed by atoms with van der Waals surface area (Å²) < 4.78 is 0. The number of hydrogen-bond acceptors (Lipinski definition) is 2. The fourth-order valence-electron chi connectivity index (χ4n) is 2.35. The predicted molar refractivity (Wildman–Crippen MR) is 65.2 cm³/mol. The van der Waals surface area contributed by atoms with Crippen LogP contribution in [0.1, 0.15) is 29.4 Å². The lowest BCUT2D eigenvalue weighted by molar-refractivity contribution is 1.02. The van der Waals surface area contributed by atoms with E-state index in [0.717, 1.165) is 0 Å². The summed E-state index contributed by atoms with van der Waals surface area (Å²) in [6, 6.07) is 14.7. The first-order chi connectivity index (χ1) is 7.86. The van der Waals surface area contributed by atoms with Crippen molar-refractivity contribution in [2.75, 3.05) is 5.73 Å². The van der Waals surface area contributed by atoms with Gasteiger partial charge in [-0.1, -0.05) is 36.4 Å². The van der Waals surface area contributed by atoms with Gasteiger partial charge in [-0.2, -0.15) is 0 Å². The van der Waals surface area contributed by atoms with E-state index in [1.807, 2.05) is 6.07 Å². The molecule has 0 amide bonds. The van der Waals surface area contributed by atoms with Crippen molar-refractivity contribution < 1.29 is 0 Å². The van der Waals surface area contributed by atoms with Crippen LogP contribution in [0.5, 0.6) is 0 Å². The van der Waals surface area contributed by atoms with Gasteiger partial charge in [0.25, 0.3) is 0 Å². The van der Waals surface area contributed by atoms with Gasteiger partial charge in [-0.15, -0.1) is 0 Å². The van der Waals surface area contributed by atoms with Crippen LogP contribution in [-0.2, 0) is 0 Å². The summed E-state index contributed by atoms with van der Waals surface area (Å²) in [7, 11) is 0. The van der Waals surface area contributed by atoms with E-state index >= 15 is 0 Å². The van der Waals surface area contributed by atoms with Crippen LogP contribution in [0, 0.1) is 0 Å². The second kappa shape index (κ2) is 3.63. The lowest BCUT2D eigenvalue weighted by Gasteiger charge is -2.03. The number of hydrogen-bond donors (Lipinski definition) is 1. The number of anilines is 1. The monoisotopic (exact) mass is 210 g/mol. The Kier molecular flexibility index (Phi) is 2.13. The highest BCUT2D eigenvalue weighted by atomic mass is 14.8. The maximum atomic E-state index is 5.89. The highest BCUT2D eigenvalue weighted by molar-refractivity contribution is 5.47. The summed E-state index contributed by atoms with van der Waals surface area (Å²) in [4.78, 5) is 4.15. The molecule has 1 aromatic carbocycles. The van der Waals surface area contributed by atoms with Crippen LogP contribution in [0.4, 0.5) is 5.82 Å². The molecule has 2 aromatic rings. The van der Waals surface area contributed by atoms with Gasteiger partial charge in [0.1, 0.15) is 5.82 Å². The predicted octanol–water partition coefficient (Wildman–Crippen LogP) is 2.93. The van der Waals surface area contributed by atoms with Crippen molar-refractivity contribution in [2.45, 2.75) is 18.3 Å². The van der Waals surface area contributed by atoms with E-state index in [9.17, 15) is 0 Å². The zero-order valence-electron chi connectivity index (χ0n) is 9.01. The number of aromatic nitrogens is 1. The summed E-state index contributed by atoms with van der Waals surface area (Å²) in [6.45, 7) is 0. The Hall–Kier alpha value is -1.83. The minimum absolute atomic E-state index is 0.566. The molecule has 3 rings (SSSR count). The third kappa shape index (κ3) is 1.56. The van der Waals surface area contributed by atoms with Crippen molar-refractivity contribution in [3.05, 3.63) is 59.8 Å². The number of nitrogen functional groups attached to an aromatic ring is 1. The fraction of sp³-hybridized carbons (Fsp3) is 0.214. The first-order valence-electron chi connectivity index (χ1n) is 5.61. The van der Waals surface area contributed by atoms with Gasteiger partial charge >= 0.3 is 0 Å². The first-order valence-corrected chi connectivity index (χ1v) is 5.61. The van der Waals surface area contributed by atoms with Crippen molar-refractivity contribution in [1.29, 1.82) is 0 Å². The molecule has 0 saturated heterocycles. The lowest BCUT2D eigenvalue weighted by atomic mass is 10.1. The molecule has 2 nitrogen and oxygen atoms in total. The van der Waals surface area contributed by atoms with Crippen LogP contribution >= 0.6 is 0 Å². The molecule has 1 heterocycles. The molecule has 80 valence electrons. The second-order valence-corrected chi connectivity index (χ2v) is 4.34. The topological polar surface area (TPSA) is 38.9 Å². The molecule has 1 fully saturated rings. The van der Waals surface area contributed by atoms with Gasteiger partial charge in [0.15, 0.2) is 0 Å². The third-order valence-corrected chi connectivity index (χ3v) is 3.29. The minimum atomic E-state index is 0.566. The summed E-state index contributed by atoms with van der Waals surface area (Å²) >= 11 is 0. The molecule has 0 bridgehead atoms. The average molecular weight is 210 g/mol. The molecule has 16 heavy (non-hydrogen) atoms. The van der Waals surface area contributed by atoms with Crippen LogP contribution in [0.25, 0.3) is 0 Å². The first kappa shape index (κ1) is 9.40. The largest absolute Gasteiger partial charge is 0.383 e. The van der Waals surface area contributed by atoms with E-state index in [1.54, 1.807) is 6.20 Å². The van der Waals surface area contributed by atoms with Crippen molar-refractivity contribution >= 4 is 5.82 Å². The van der Waals surface area contributed by atoms with E-state index in [-0.39, 0.29) is 0 Å². The number of pyridine rings is 1. The highest BCUT2D eigenvalue weighted by Crippen LogP contribution is 2.55. The van der Waals surface area contributed by atoms with E-state index in [0.29, 0.717) is 17.7 Å². The van der Waals surface area contributed by atoms with Crippen LogP contribution < -0.4 is 5.73 Å². The van der Waals surface area contributed by atoms with Gasteiger partial charge < -0.3 is 5.73 Å². The number of benzene rings is 1. The second-order valence-electron chi connectivity index (χ2n) is 4.34. The van der Waals surface area contributed by atoms with E-state index < -0.39 is 0 Å². The Morgan fingerprint density at radius 1 is 1.00 bits per heavy atom. The molecule has 1 aliphatic rings. The third-order valence-electron chi connectivity index (χ3n) is 3.29. The summed E-state index contributed by atoms with van der Waals surface area (Å²) in [5.41, 5.74) is 8.51. The maximum Gasteiger partial charge on any atom is 0.126 e. The van der Waals surface area contributed by atoms with Gasteiger partial charge in [-0.25, -0.2) is 4.98 Å². The quantitative estimate of drug-likeness (QED) is 0.827. The Bertz CT molecular complexity index is 493. The Balaban J connectivity index is 1.85. The average Bonchev–Trinajstić information content (AvgIpc) is 3.11. The fourth-order valence-corrected chi connectivity index (χ4v) is 2.35.